The lowest BCUT2D eigenvalue weighted by atomic mass is 9.92. The van der Waals surface area contributed by atoms with Gasteiger partial charge in [0, 0.05) is 51.6 Å². The smallest absolute Gasteiger partial charge is 0.288 e. The predicted molar refractivity (Wildman–Crippen MR) is 152 cm³/mol. The first-order valence-electron chi connectivity index (χ1n) is 13.9. The summed E-state index contributed by atoms with van der Waals surface area (Å²) >= 11 is 0. The van der Waals surface area contributed by atoms with Crippen molar-refractivity contribution in [1.82, 2.24) is 14.1 Å². The minimum Gasteiger partial charge on any atom is -0.497 e. The molecule has 1 saturated heterocycles. The Morgan fingerprint density at radius 1 is 1.05 bits per heavy atom. The molecule has 0 aromatic heterocycles. The van der Waals surface area contributed by atoms with Crippen LogP contribution in [0.3, 0.4) is 0 Å². The SMILES string of the molecule is COc1ccc(S(=O)(=O)N(CCO)CCO[C@H]2C[C@@H](c3ccc4c(c3)OCO4)C=C(C(=O)N3CCN(C)CC3)O2)cc1. The Kier molecular flexibility index (Phi) is 9.53. The maximum atomic E-state index is 13.5. The number of nitrogens with zero attached hydrogens (tertiary/aromatic N) is 3. The molecule has 0 bridgehead atoms. The Morgan fingerprint density at radius 3 is 2.50 bits per heavy atom. The topological polar surface area (TPSA) is 127 Å². The largest absolute Gasteiger partial charge is 0.497 e. The van der Waals surface area contributed by atoms with Gasteiger partial charge >= 0.3 is 0 Å². The van der Waals surface area contributed by atoms with Crippen LogP contribution in [0.25, 0.3) is 0 Å². The van der Waals surface area contributed by atoms with Crippen molar-refractivity contribution in [3.63, 3.8) is 0 Å². The maximum Gasteiger partial charge on any atom is 0.288 e. The molecular formula is C29H37N3O9S. The van der Waals surface area contributed by atoms with Gasteiger partial charge in [-0.25, -0.2) is 8.42 Å². The molecule has 0 unspecified atom stereocenters. The highest BCUT2D eigenvalue weighted by atomic mass is 32.2. The normalized spacial score (nSPS) is 20.8. The summed E-state index contributed by atoms with van der Waals surface area (Å²) < 4.78 is 56.0. The van der Waals surface area contributed by atoms with Gasteiger partial charge in [0.2, 0.25) is 23.1 Å². The third kappa shape index (κ3) is 6.81. The first kappa shape index (κ1) is 30.1. The van der Waals surface area contributed by atoms with Gasteiger partial charge in [-0.05, 0) is 55.1 Å². The molecular weight excluding hydrogens is 566 g/mol. The molecule has 0 spiro atoms. The van der Waals surface area contributed by atoms with Crippen molar-refractivity contribution < 1.29 is 42.0 Å². The molecule has 1 amide bonds. The number of sulfonamides is 1. The number of benzene rings is 2. The van der Waals surface area contributed by atoms with Gasteiger partial charge < -0.3 is 38.6 Å². The molecule has 228 valence electrons. The fraction of sp³-hybridized carbons (Fsp3) is 0.483. The molecule has 0 aliphatic carbocycles. The second-order valence-corrected chi connectivity index (χ2v) is 12.2. The summed E-state index contributed by atoms with van der Waals surface area (Å²) in [6, 6.07) is 11.7. The number of amides is 1. The number of aliphatic hydroxyl groups is 1. The number of allylic oxidation sites excluding steroid dienone is 1. The van der Waals surface area contributed by atoms with Crippen LogP contribution in [0.4, 0.5) is 0 Å². The van der Waals surface area contributed by atoms with Crippen molar-refractivity contribution in [2.24, 2.45) is 0 Å². The minimum absolute atomic E-state index is 0.0100. The molecule has 42 heavy (non-hydrogen) atoms. The highest BCUT2D eigenvalue weighted by molar-refractivity contribution is 7.89. The number of methoxy groups -OCH3 is 1. The van der Waals surface area contributed by atoms with E-state index in [0.717, 1.165) is 18.7 Å². The lowest BCUT2D eigenvalue weighted by molar-refractivity contribution is -0.153. The van der Waals surface area contributed by atoms with Crippen LogP contribution in [-0.2, 0) is 24.3 Å². The summed E-state index contributed by atoms with van der Waals surface area (Å²) in [5.74, 6) is 1.63. The van der Waals surface area contributed by atoms with E-state index in [1.807, 2.05) is 31.3 Å². The standard InChI is InChI=1S/C29H37N3O9S/c1-30-9-11-31(12-10-30)29(34)27-18-22(21-3-8-25-26(17-21)40-20-39-25)19-28(41-27)38-16-14-32(13-15-33)42(35,36)24-6-4-23(37-2)5-7-24/h3-8,17-18,22,28,33H,9-16,19-20H2,1-2H3/t22-,28+/m0/s1. The highest BCUT2D eigenvalue weighted by Crippen LogP contribution is 2.38. The zero-order valence-corrected chi connectivity index (χ0v) is 24.6. The van der Waals surface area contributed by atoms with Gasteiger partial charge in [0.1, 0.15) is 5.75 Å². The van der Waals surface area contributed by atoms with Crippen LogP contribution in [-0.4, -0.2) is 113 Å². The Hall–Kier alpha value is -3.36. The van der Waals surface area contributed by atoms with Crippen molar-refractivity contribution >= 4 is 15.9 Å². The fourth-order valence-electron chi connectivity index (χ4n) is 5.10. The number of fused-ring (bicyclic) bond motifs is 1. The fourth-order valence-corrected chi connectivity index (χ4v) is 6.51. The second-order valence-electron chi connectivity index (χ2n) is 10.3. The number of ether oxygens (including phenoxy) is 5. The van der Waals surface area contributed by atoms with Gasteiger partial charge in [-0.15, -0.1) is 0 Å². The molecule has 0 radical (unpaired) electrons. The minimum atomic E-state index is -3.90. The van der Waals surface area contributed by atoms with Gasteiger partial charge in [0.15, 0.2) is 17.3 Å². The quantitative estimate of drug-likeness (QED) is 0.405. The van der Waals surface area contributed by atoms with Gasteiger partial charge in [-0.1, -0.05) is 6.07 Å². The lowest BCUT2D eigenvalue weighted by Gasteiger charge is -2.35. The van der Waals surface area contributed by atoms with Gasteiger partial charge in [-0.3, -0.25) is 4.79 Å². The molecule has 12 nitrogen and oxygen atoms in total. The van der Waals surface area contributed by atoms with Crippen molar-refractivity contribution in [3.8, 4) is 17.2 Å². The number of likely N-dealkylation sites (N-methyl/N-ethyl adjacent to an activating group) is 1. The monoisotopic (exact) mass is 603 g/mol. The van der Waals surface area contributed by atoms with Crippen molar-refractivity contribution in [2.75, 3.05) is 73.4 Å². The average molecular weight is 604 g/mol. The third-order valence-electron chi connectivity index (χ3n) is 7.57. The molecule has 2 aromatic carbocycles. The number of aliphatic hydroxyl groups excluding tert-OH is 1. The van der Waals surface area contributed by atoms with E-state index in [-0.39, 0.29) is 55.6 Å². The number of hydrogen-bond donors (Lipinski definition) is 1. The summed E-state index contributed by atoms with van der Waals surface area (Å²) in [4.78, 5) is 17.5. The zero-order chi connectivity index (χ0) is 29.7. The van der Waals surface area contributed by atoms with Crippen LogP contribution in [0.1, 0.15) is 17.9 Å². The highest BCUT2D eigenvalue weighted by Gasteiger charge is 2.33. The zero-order valence-electron chi connectivity index (χ0n) is 23.8. The lowest BCUT2D eigenvalue weighted by Crippen LogP contribution is -2.48. The van der Waals surface area contributed by atoms with Gasteiger partial charge in [-0.2, -0.15) is 4.31 Å². The summed E-state index contributed by atoms with van der Waals surface area (Å²) in [7, 11) is -0.376. The molecule has 5 rings (SSSR count). The Morgan fingerprint density at radius 2 is 1.79 bits per heavy atom. The van der Waals surface area contributed by atoms with Crippen LogP contribution in [0.15, 0.2) is 59.2 Å². The van der Waals surface area contributed by atoms with E-state index in [1.165, 1.54) is 23.5 Å². The van der Waals surface area contributed by atoms with Crippen LogP contribution in [0, 0.1) is 0 Å². The van der Waals surface area contributed by atoms with Crippen molar-refractivity contribution in [3.05, 3.63) is 59.9 Å². The summed E-state index contributed by atoms with van der Waals surface area (Å²) in [5.41, 5.74) is 0.920. The van der Waals surface area contributed by atoms with E-state index < -0.39 is 16.3 Å². The Bertz CT molecular complexity index is 1380. The third-order valence-corrected chi connectivity index (χ3v) is 9.49. The molecule has 1 fully saturated rings. The molecule has 13 heteroatoms. The number of carbonyl (C=O) groups excluding carboxylic acids is 1. The molecule has 3 aliphatic rings. The van der Waals surface area contributed by atoms with Crippen molar-refractivity contribution in [1.29, 1.82) is 0 Å². The first-order chi connectivity index (χ1) is 20.3. The average Bonchev–Trinajstić information content (AvgIpc) is 3.49. The van der Waals surface area contributed by atoms with Gasteiger partial charge in [0.05, 0.1) is 25.2 Å². The van der Waals surface area contributed by atoms with Crippen LogP contribution in [0.2, 0.25) is 0 Å². The van der Waals surface area contributed by atoms with Crippen molar-refractivity contribution in [2.45, 2.75) is 23.5 Å². The summed E-state index contributed by atoms with van der Waals surface area (Å²) in [6.07, 6.45) is 1.44. The molecule has 2 aromatic rings. The number of carbonyl (C=O) groups is 1. The molecule has 1 N–H and O–H groups in total. The molecule has 0 saturated carbocycles. The first-order valence-corrected chi connectivity index (χ1v) is 15.3. The van der Waals surface area contributed by atoms with E-state index in [9.17, 15) is 18.3 Å². The maximum absolute atomic E-state index is 13.5. The molecule has 3 heterocycles. The predicted octanol–water partition coefficient (Wildman–Crippen LogP) is 1.61. The second kappa shape index (κ2) is 13.3. The number of hydrogen-bond acceptors (Lipinski definition) is 10. The summed E-state index contributed by atoms with van der Waals surface area (Å²) in [5, 5.41) is 9.58. The van der Waals surface area contributed by atoms with E-state index in [0.29, 0.717) is 36.8 Å². The number of piperazine rings is 1. The molecule has 2 atom stereocenters. The van der Waals surface area contributed by atoms with Crippen LogP contribution < -0.4 is 14.2 Å². The Labute approximate surface area is 246 Å². The van der Waals surface area contributed by atoms with E-state index in [2.05, 4.69) is 4.90 Å². The van der Waals surface area contributed by atoms with E-state index in [1.54, 1.807) is 17.0 Å². The van der Waals surface area contributed by atoms with Crippen LogP contribution >= 0.6 is 0 Å². The Balaban J connectivity index is 1.30. The number of rotatable bonds is 11. The van der Waals surface area contributed by atoms with Gasteiger partial charge in [0.25, 0.3) is 5.91 Å². The van der Waals surface area contributed by atoms with Crippen LogP contribution in [0.5, 0.6) is 17.2 Å². The van der Waals surface area contributed by atoms with E-state index >= 15 is 0 Å². The summed E-state index contributed by atoms with van der Waals surface area (Å²) in [6.45, 7) is 2.40. The van der Waals surface area contributed by atoms with E-state index in [4.69, 9.17) is 23.7 Å². The molecule has 3 aliphatic heterocycles.